The Balaban J connectivity index is 1.64. The molecule has 0 spiro atoms. The summed E-state index contributed by atoms with van der Waals surface area (Å²) < 4.78 is 0. The van der Waals surface area contributed by atoms with Gasteiger partial charge >= 0.3 is 0 Å². The molecule has 0 amide bonds. The highest BCUT2D eigenvalue weighted by Crippen LogP contribution is 2.31. The molecule has 2 fully saturated rings. The Morgan fingerprint density at radius 2 is 2.17 bits per heavy atom. The molecule has 0 bridgehead atoms. The van der Waals surface area contributed by atoms with Gasteiger partial charge in [0.25, 0.3) is 0 Å². The minimum Gasteiger partial charge on any atom is -0.313 e. The zero-order chi connectivity index (χ0) is 12.5. The van der Waals surface area contributed by atoms with Crippen LogP contribution in [0.25, 0.3) is 0 Å². The minimum atomic E-state index is 0.722. The van der Waals surface area contributed by atoms with E-state index in [4.69, 9.17) is 0 Å². The van der Waals surface area contributed by atoms with E-state index in [0.717, 1.165) is 18.6 Å². The van der Waals surface area contributed by atoms with Gasteiger partial charge in [-0.1, -0.05) is 0 Å². The molecule has 4 heteroatoms. The number of aryl methyl sites for hydroxylation is 2. The number of rotatable bonds is 5. The van der Waals surface area contributed by atoms with Gasteiger partial charge in [-0.05, 0) is 46.1 Å². The molecule has 1 atom stereocenters. The van der Waals surface area contributed by atoms with Crippen molar-refractivity contribution in [2.75, 3.05) is 13.1 Å². The highest BCUT2D eigenvalue weighted by atomic mass is 32.1. The van der Waals surface area contributed by atoms with Crippen LogP contribution < -0.4 is 5.32 Å². The van der Waals surface area contributed by atoms with E-state index in [1.807, 2.05) is 11.3 Å². The molecule has 0 aromatic carbocycles. The van der Waals surface area contributed by atoms with E-state index in [0.29, 0.717) is 0 Å². The van der Waals surface area contributed by atoms with Crippen LogP contribution in [0.2, 0.25) is 0 Å². The Kier molecular flexibility index (Phi) is 3.68. The maximum absolute atomic E-state index is 4.55. The highest BCUT2D eigenvalue weighted by molar-refractivity contribution is 7.11. The van der Waals surface area contributed by atoms with Crippen LogP contribution in [0.1, 0.15) is 41.3 Å². The first-order chi connectivity index (χ1) is 8.72. The first-order valence-corrected chi connectivity index (χ1v) is 7.94. The maximum atomic E-state index is 4.55. The van der Waals surface area contributed by atoms with Crippen LogP contribution >= 0.6 is 11.3 Å². The van der Waals surface area contributed by atoms with Crippen molar-refractivity contribution in [3.05, 3.63) is 15.6 Å². The summed E-state index contributed by atoms with van der Waals surface area (Å²) in [5.74, 6) is 0. The van der Waals surface area contributed by atoms with E-state index >= 15 is 0 Å². The number of thiazole rings is 1. The monoisotopic (exact) mass is 265 g/mol. The van der Waals surface area contributed by atoms with Crippen molar-refractivity contribution >= 4 is 11.3 Å². The largest absolute Gasteiger partial charge is 0.313 e. The lowest BCUT2D eigenvalue weighted by Gasteiger charge is -2.25. The second kappa shape index (κ2) is 5.27. The minimum absolute atomic E-state index is 0.722. The lowest BCUT2D eigenvalue weighted by molar-refractivity contribution is 0.232. The number of hydrogen-bond donors (Lipinski definition) is 1. The summed E-state index contributed by atoms with van der Waals surface area (Å²) in [5, 5.41) is 4.83. The summed E-state index contributed by atoms with van der Waals surface area (Å²) in [4.78, 5) is 8.71. The molecular formula is C14H23N3S. The highest BCUT2D eigenvalue weighted by Gasteiger charge is 2.31. The molecule has 2 heterocycles. The molecule has 1 aliphatic heterocycles. The zero-order valence-corrected chi connectivity index (χ0v) is 12.2. The fourth-order valence-electron chi connectivity index (χ4n) is 2.88. The van der Waals surface area contributed by atoms with Gasteiger partial charge in [0.1, 0.15) is 0 Å². The van der Waals surface area contributed by atoms with Crippen LogP contribution in [0, 0.1) is 13.8 Å². The molecule has 1 aliphatic carbocycles. The molecule has 18 heavy (non-hydrogen) atoms. The van der Waals surface area contributed by atoms with Crippen molar-refractivity contribution in [3.63, 3.8) is 0 Å². The van der Waals surface area contributed by atoms with Gasteiger partial charge in [-0.3, -0.25) is 4.90 Å². The lowest BCUT2D eigenvalue weighted by Crippen LogP contribution is -2.38. The third-order valence-corrected chi connectivity index (χ3v) is 5.08. The standard InChI is InChI=1S/C14H23N3S/c1-10-14(18-11(2)16-10)9-17(13-5-6-13)8-12-4-3-7-15-12/h12-13,15H,3-9H2,1-2H3. The third kappa shape index (κ3) is 2.92. The number of aromatic nitrogens is 1. The van der Waals surface area contributed by atoms with Crippen molar-refractivity contribution in [3.8, 4) is 0 Å². The van der Waals surface area contributed by atoms with E-state index in [1.54, 1.807) is 0 Å². The molecule has 1 N–H and O–H groups in total. The summed E-state index contributed by atoms with van der Waals surface area (Å²) in [5.41, 5.74) is 1.24. The van der Waals surface area contributed by atoms with Crippen LogP contribution in [0.3, 0.4) is 0 Å². The summed E-state index contributed by atoms with van der Waals surface area (Å²) in [6.45, 7) is 7.81. The van der Waals surface area contributed by atoms with Crippen molar-refractivity contribution in [2.45, 2.75) is 58.2 Å². The van der Waals surface area contributed by atoms with E-state index in [1.165, 1.54) is 54.4 Å². The van der Waals surface area contributed by atoms with Gasteiger partial charge in [0, 0.05) is 30.1 Å². The number of hydrogen-bond acceptors (Lipinski definition) is 4. The van der Waals surface area contributed by atoms with Gasteiger partial charge in [-0.25, -0.2) is 4.98 Å². The predicted molar refractivity (Wildman–Crippen MR) is 76.0 cm³/mol. The maximum Gasteiger partial charge on any atom is 0.0900 e. The van der Waals surface area contributed by atoms with Crippen molar-refractivity contribution < 1.29 is 0 Å². The summed E-state index contributed by atoms with van der Waals surface area (Å²) in [6, 6.07) is 1.56. The zero-order valence-electron chi connectivity index (χ0n) is 11.4. The van der Waals surface area contributed by atoms with Gasteiger partial charge in [0.15, 0.2) is 0 Å². The Labute approximate surface area is 114 Å². The second-order valence-corrected chi connectivity index (χ2v) is 6.98. The fourth-order valence-corrected chi connectivity index (χ4v) is 3.85. The first-order valence-electron chi connectivity index (χ1n) is 7.12. The normalized spacial score (nSPS) is 24.1. The summed E-state index contributed by atoms with van der Waals surface area (Å²) in [7, 11) is 0. The Hall–Kier alpha value is -0.450. The topological polar surface area (TPSA) is 28.2 Å². The molecule has 1 aromatic rings. The van der Waals surface area contributed by atoms with Crippen LogP contribution in [-0.2, 0) is 6.54 Å². The Morgan fingerprint density at radius 3 is 2.72 bits per heavy atom. The molecule has 3 nitrogen and oxygen atoms in total. The summed E-state index contributed by atoms with van der Waals surface area (Å²) in [6.07, 6.45) is 5.49. The SMILES string of the molecule is Cc1nc(C)c(CN(CC2CCCN2)C2CC2)s1. The van der Waals surface area contributed by atoms with Gasteiger partial charge in [0.05, 0.1) is 10.7 Å². The Bertz CT molecular complexity index is 405. The van der Waals surface area contributed by atoms with Crippen LogP contribution in [0.5, 0.6) is 0 Å². The Morgan fingerprint density at radius 1 is 1.33 bits per heavy atom. The fraction of sp³-hybridized carbons (Fsp3) is 0.786. The van der Waals surface area contributed by atoms with Crippen LogP contribution in [0.15, 0.2) is 0 Å². The molecule has 1 saturated carbocycles. The molecule has 0 radical (unpaired) electrons. The van der Waals surface area contributed by atoms with Crippen LogP contribution in [-0.4, -0.2) is 35.1 Å². The molecule has 100 valence electrons. The van der Waals surface area contributed by atoms with E-state index in [2.05, 4.69) is 29.0 Å². The molecule has 3 rings (SSSR count). The molecule has 1 unspecified atom stereocenters. The van der Waals surface area contributed by atoms with E-state index < -0.39 is 0 Å². The molecule has 1 aromatic heterocycles. The first kappa shape index (κ1) is 12.6. The number of nitrogens with zero attached hydrogens (tertiary/aromatic N) is 2. The summed E-state index contributed by atoms with van der Waals surface area (Å²) >= 11 is 1.87. The van der Waals surface area contributed by atoms with Crippen molar-refractivity contribution in [1.82, 2.24) is 15.2 Å². The molecule has 1 saturated heterocycles. The van der Waals surface area contributed by atoms with Crippen molar-refractivity contribution in [2.24, 2.45) is 0 Å². The number of nitrogens with one attached hydrogen (secondary N) is 1. The van der Waals surface area contributed by atoms with Gasteiger partial charge in [0.2, 0.25) is 0 Å². The lowest BCUT2D eigenvalue weighted by atomic mass is 10.2. The third-order valence-electron chi connectivity index (χ3n) is 4.03. The second-order valence-electron chi connectivity index (χ2n) is 5.70. The van der Waals surface area contributed by atoms with Crippen LogP contribution in [0.4, 0.5) is 0 Å². The smallest absolute Gasteiger partial charge is 0.0900 e. The van der Waals surface area contributed by atoms with E-state index in [9.17, 15) is 0 Å². The van der Waals surface area contributed by atoms with Crippen molar-refractivity contribution in [1.29, 1.82) is 0 Å². The quantitative estimate of drug-likeness (QED) is 0.886. The average Bonchev–Trinajstić information content (AvgIpc) is 2.96. The molecule has 2 aliphatic rings. The molecular weight excluding hydrogens is 242 g/mol. The van der Waals surface area contributed by atoms with E-state index in [-0.39, 0.29) is 0 Å². The van der Waals surface area contributed by atoms with Gasteiger partial charge in [-0.2, -0.15) is 0 Å². The van der Waals surface area contributed by atoms with Gasteiger partial charge < -0.3 is 5.32 Å². The average molecular weight is 265 g/mol. The van der Waals surface area contributed by atoms with Gasteiger partial charge in [-0.15, -0.1) is 11.3 Å². The predicted octanol–water partition coefficient (Wildman–Crippen LogP) is 2.48.